The second-order valence-corrected chi connectivity index (χ2v) is 6.47. The van der Waals surface area contributed by atoms with Crippen molar-refractivity contribution in [3.8, 4) is 11.5 Å². The van der Waals surface area contributed by atoms with Gasteiger partial charge in [-0.2, -0.15) is 0 Å². The maximum atomic E-state index is 5.39. The van der Waals surface area contributed by atoms with E-state index in [1.807, 2.05) is 6.07 Å². The lowest BCUT2D eigenvalue weighted by atomic mass is 10.1. The predicted molar refractivity (Wildman–Crippen MR) is 98.3 cm³/mol. The number of benzene rings is 2. The lowest BCUT2D eigenvalue weighted by molar-refractivity contribution is 0.352. The quantitative estimate of drug-likeness (QED) is 0.730. The van der Waals surface area contributed by atoms with E-state index in [2.05, 4.69) is 64.6 Å². The molecule has 0 unspecified atom stereocenters. The Morgan fingerprint density at radius 3 is 2.43 bits per heavy atom. The molecule has 2 rings (SSSR count). The van der Waals surface area contributed by atoms with Crippen LogP contribution in [0.2, 0.25) is 0 Å². The summed E-state index contributed by atoms with van der Waals surface area (Å²) in [6.07, 6.45) is 2.20. The highest BCUT2D eigenvalue weighted by molar-refractivity contribution is 9.10. The second kappa shape index (κ2) is 8.94. The largest absolute Gasteiger partial charge is 0.493 e. The lowest BCUT2D eigenvalue weighted by Gasteiger charge is -2.16. The van der Waals surface area contributed by atoms with Gasteiger partial charge in [-0.15, -0.1) is 0 Å². The van der Waals surface area contributed by atoms with Gasteiger partial charge in [-0.25, -0.2) is 0 Å². The average Bonchev–Trinajstić information content (AvgIpc) is 2.58. The molecule has 0 aromatic heterocycles. The number of hydrogen-bond donors (Lipinski definition) is 1. The van der Waals surface area contributed by atoms with E-state index in [0.717, 1.165) is 35.4 Å². The molecule has 0 aliphatic heterocycles. The van der Waals surface area contributed by atoms with Crippen LogP contribution >= 0.6 is 15.9 Å². The number of aryl methyl sites for hydroxylation is 1. The normalized spacial score (nSPS) is 12.0. The second-order valence-electron chi connectivity index (χ2n) is 5.62. The minimum absolute atomic E-state index is 0.446. The summed E-state index contributed by atoms with van der Waals surface area (Å²) in [5.74, 6) is 1.48. The summed E-state index contributed by atoms with van der Waals surface area (Å²) in [6, 6.07) is 15.1. The van der Waals surface area contributed by atoms with Crippen LogP contribution in [0.1, 0.15) is 24.5 Å². The fourth-order valence-corrected chi connectivity index (χ4v) is 3.15. The van der Waals surface area contributed by atoms with Crippen LogP contribution in [-0.4, -0.2) is 20.3 Å². The molecule has 1 atom stereocenters. The summed E-state index contributed by atoms with van der Waals surface area (Å²) in [4.78, 5) is 0. The Hall–Kier alpha value is -1.52. The van der Waals surface area contributed by atoms with Gasteiger partial charge in [0.05, 0.1) is 18.7 Å². The van der Waals surface area contributed by atoms with Gasteiger partial charge in [-0.05, 0) is 59.0 Å². The number of rotatable bonds is 8. The van der Waals surface area contributed by atoms with E-state index in [4.69, 9.17) is 9.47 Å². The minimum atomic E-state index is 0.446. The van der Waals surface area contributed by atoms with Crippen LogP contribution in [0.5, 0.6) is 11.5 Å². The van der Waals surface area contributed by atoms with Gasteiger partial charge in [-0.3, -0.25) is 0 Å². The SMILES string of the molecule is COc1cc(CN[C@H](C)CCc2ccccc2)cc(Br)c1OC. The first-order valence-electron chi connectivity index (χ1n) is 7.81. The molecule has 0 fully saturated rings. The van der Waals surface area contributed by atoms with Crippen molar-refractivity contribution in [2.45, 2.75) is 32.4 Å². The molecule has 3 nitrogen and oxygen atoms in total. The Kier molecular flexibility index (Phi) is 6.93. The van der Waals surface area contributed by atoms with Crippen molar-refractivity contribution < 1.29 is 9.47 Å². The monoisotopic (exact) mass is 377 g/mol. The van der Waals surface area contributed by atoms with Crippen molar-refractivity contribution >= 4 is 15.9 Å². The number of methoxy groups -OCH3 is 2. The van der Waals surface area contributed by atoms with Gasteiger partial charge in [0.2, 0.25) is 0 Å². The van der Waals surface area contributed by atoms with Crippen LogP contribution in [-0.2, 0) is 13.0 Å². The van der Waals surface area contributed by atoms with Crippen LogP contribution in [0.25, 0.3) is 0 Å². The van der Waals surface area contributed by atoms with Crippen LogP contribution in [0, 0.1) is 0 Å². The van der Waals surface area contributed by atoms with Crippen LogP contribution in [0.4, 0.5) is 0 Å². The maximum Gasteiger partial charge on any atom is 0.174 e. The predicted octanol–water partition coefficient (Wildman–Crippen LogP) is 4.58. The Balaban J connectivity index is 1.89. The number of hydrogen-bond acceptors (Lipinski definition) is 3. The molecule has 0 aliphatic rings. The molecular weight excluding hydrogens is 354 g/mol. The van der Waals surface area contributed by atoms with E-state index in [1.165, 1.54) is 11.1 Å². The first-order valence-corrected chi connectivity index (χ1v) is 8.61. The zero-order chi connectivity index (χ0) is 16.7. The van der Waals surface area contributed by atoms with E-state index < -0.39 is 0 Å². The molecule has 124 valence electrons. The summed E-state index contributed by atoms with van der Waals surface area (Å²) in [5, 5.41) is 3.57. The van der Waals surface area contributed by atoms with Gasteiger partial charge in [0.1, 0.15) is 0 Å². The van der Waals surface area contributed by atoms with Crippen LogP contribution in [0.15, 0.2) is 46.9 Å². The Morgan fingerprint density at radius 2 is 1.78 bits per heavy atom. The fraction of sp³-hybridized carbons (Fsp3) is 0.368. The molecule has 0 amide bonds. The first-order chi connectivity index (χ1) is 11.1. The summed E-state index contributed by atoms with van der Waals surface area (Å²) < 4.78 is 11.6. The first kappa shape index (κ1) is 17.8. The molecular formula is C19H24BrNO2. The molecule has 0 radical (unpaired) electrons. The van der Waals surface area contributed by atoms with E-state index in [-0.39, 0.29) is 0 Å². The van der Waals surface area contributed by atoms with Crippen molar-refractivity contribution in [3.05, 3.63) is 58.1 Å². The third kappa shape index (κ3) is 5.26. The van der Waals surface area contributed by atoms with Gasteiger partial charge in [0.15, 0.2) is 11.5 Å². The van der Waals surface area contributed by atoms with E-state index in [1.54, 1.807) is 14.2 Å². The molecule has 1 N–H and O–H groups in total. The topological polar surface area (TPSA) is 30.5 Å². The highest BCUT2D eigenvalue weighted by Crippen LogP contribution is 2.36. The Morgan fingerprint density at radius 1 is 1.04 bits per heavy atom. The van der Waals surface area contributed by atoms with Crippen LogP contribution in [0.3, 0.4) is 0 Å². The summed E-state index contributed by atoms with van der Waals surface area (Å²) in [5.41, 5.74) is 2.55. The fourth-order valence-electron chi connectivity index (χ4n) is 2.50. The average molecular weight is 378 g/mol. The third-order valence-electron chi connectivity index (χ3n) is 3.86. The molecule has 0 spiro atoms. The van der Waals surface area contributed by atoms with Crippen molar-refractivity contribution in [3.63, 3.8) is 0 Å². The molecule has 0 heterocycles. The molecule has 2 aromatic carbocycles. The zero-order valence-electron chi connectivity index (χ0n) is 13.9. The van der Waals surface area contributed by atoms with E-state index >= 15 is 0 Å². The lowest BCUT2D eigenvalue weighted by Crippen LogP contribution is -2.26. The highest BCUT2D eigenvalue weighted by atomic mass is 79.9. The maximum absolute atomic E-state index is 5.39. The molecule has 2 aromatic rings. The Bertz CT molecular complexity index is 616. The van der Waals surface area contributed by atoms with Crippen molar-refractivity contribution in [1.29, 1.82) is 0 Å². The van der Waals surface area contributed by atoms with Gasteiger partial charge < -0.3 is 14.8 Å². The highest BCUT2D eigenvalue weighted by Gasteiger charge is 2.11. The van der Waals surface area contributed by atoms with Crippen molar-refractivity contribution in [2.24, 2.45) is 0 Å². The standard InChI is InChI=1S/C19H24BrNO2/c1-14(9-10-15-7-5-4-6-8-15)21-13-16-11-17(20)19(23-3)18(12-16)22-2/h4-8,11-12,14,21H,9-10,13H2,1-3H3/t14-/m1/s1. The van der Waals surface area contributed by atoms with Crippen molar-refractivity contribution in [2.75, 3.05) is 14.2 Å². The summed E-state index contributed by atoms with van der Waals surface area (Å²) >= 11 is 3.53. The molecule has 0 saturated heterocycles. The Labute approximate surface area is 147 Å². The van der Waals surface area contributed by atoms with E-state index in [0.29, 0.717) is 6.04 Å². The molecule has 0 aliphatic carbocycles. The van der Waals surface area contributed by atoms with Gasteiger partial charge in [0, 0.05) is 12.6 Å². The number of nitrogens with one attached hydrogen (secondary N) is 1. The summed E-state index contributed by atoms with van der Waals surface area (Å²) in [7, 11) is 3.30. The zero-order valence-corrected chi connectivity index (χ0v) is 15.5. The van der Waals surface area contributed by atoms with Gasteiger partial charge in [-0.1, -0.05) is 30.3 Å². The molecule has 23 heavy (non-hydrogen) atoms. The molecule has 0 saturated carbocycles. The minimum Gasteiger partial charge on any atom is -0.493 e. The van der Waals surface area contributed by atoms with Gasteiger partial charge >= 0.3 is 0 Å². The molecule has 4 heteroatoms. The van der Waals surface area contributed by atoms with Crippen LogP contribution < -0.4 is 14.8 Å². The van der Waals surface area contributed by atoms with Gasteiger partial charge in [0.25, 0.3) is 0 Å². The summed E-state index contributed by atoms with van der Waals surface area (Å²) in [6.45, 7) is 3.02. The van der Waals surface area contributed by atoms with Crippen molar-refractivity contribution in [1.82, 2.24) is 5.32 Å². The number of halogens is 1. The third-order valence-corrected chi connectivity index (χ3v) is 4.45. The number of ether oxygens (including phenoxy) is 2. The smallest absolute Gasteiger partial charge is 0.174 e. The molecule has 0 bridgehead atoms. The van der Waals surface area contributed by atoms with E-state index in [9.17, 15) is 0 Å².